The van der Waals surface area contributed by atoms with Crippen LogP contribution < -0.4 is 0 Å². The second-order valence-electron chi connectivity index (χ2n) is 9.24. The minimum atomic E-state index is -0.449. The number of ketones is 1. The molecule has 1 heterocycles. The topological polar surface area (TPSA) is 56.3 Å². The van der Waals surface area contributed by atoms with Gasteiger partial charge < -0.3 is 4.74 Å². The Morgan fingerprint density at radius 1 is 1.10 bits per heavy atom. The van der Waals surface area contributed by atoms with Crippen molar-refractivity contribution in [2.75, 3.05) is 6.61 Å². The van der Waals surface area contributed by atoms with Gasteiger partial charge in [0.05, 0.1) is 11.1 Å². The van der Waals surface area contributed by atoms with Crippen LogP contribution in [0.3, 0.4) is 0 Å². The number of halogens is 1. The van der Waals surface area contributed by atoms with Crippen molar-refractivity contribution in [3.05, 3.63) is 75.4 Å². The zero-order chi connectivity index (χ0) is 22.2. The summed E-state index contributed by atoms with van der Waals surface area (Å²) in [5, 5.41) is 0.789. The molecule has 160 valence electrons. The van der Waals surface area contributed by atoms with Crippen molar-refractivity contribution in [3.63, 3.8) is 0 Å². The maximum absolute atomic E-state index is 13.3. The predicted molar refractivity (Wildman–Crippen MR) is 125 cm³/mol. The van der Waals surface area contributed by atoms with Crippen molar-refractivity contribution in [2.45, 2.75) is 40.0 Å². The summed E-state index contributed by atoms with van der Waals surface area (Å²) in [5.41, 5.74) is 3.98. The lowest BCUT2D eigenvalue weighted by Crippen LogP contribution is -2.29. The fourth-order valence-corrected chi connectivity index (χ4v) is 4.55. The van der Waals surface area contributed by atoms with E-state index in [4.69, 9.17) is 9.72 Å². The molecule has 4 nitrogen and oxygen atoms in total. The molecule has 0 N–H and O–H groups in total. The van der Waals surface area contributed by atoms with Crippen molar-refractivity contribution in [1.29, 1.82) is 0 Å². The van der Waals surface area contributed by atoms with Gasteiger partial charge in [-0.15, -0.1) is 0 Å². The molecule has 5 heteroatoms. The van der Waals surface area contributed by atoms with Crippen molar-refractivity contribution < 1.29 is 14.3 Å². The van der Waals surface area contributed by atoms with Gasteiger partial charge in [0.2, 0.25) is 0 Å². The second-order valence-corrected chi connectivity index (χ2v) is 10.2. The molecule has 0 saturated carbocycles. The minimum absolute atomic E-state index is 0.141. The van der Waals surface area contributed by atoms with E-state index < -0.39 is 5.97 Å². The number of ether oxygens (including phenoxy) is 1. The van der Waals surface area contributed by atoms with Crippen LogP contribution in [0.25, 0.3) is 10.9 Å². The Balaban J connectivity index is 1.66. The van der Waals surface area contributed by atoms with Crippen LogP contribution in [0.2, 0.25) is 0 Å². The van der Waals surface area contributed by atoms with Crippen LogP contribution in [0.4, 0.5) is 0 Å². The predicted octanol–water partition coefficient (Wildman–Crippen LogP) is 6.19. The Morgan fingerprint density at radius 3 is 2.52 bits per heavy atom. The van der Waals surface area contributed by atoms with E-state index in [-0.39, 0.29) is 17.8 Å². The molecule has 0 aliphatic heterocycles. The van der Waals surface area contributed by atoms with Crippen LogP contribution >= 0.6 is 15.9 Å². The number of aromatic nitrogens is 1. The molecule has 1 atom stereocenters. The second kappa shape index (κ2) is 8.54. The summed E-state index contributed by atoms with van der Waals surface area (Å²) in [6, 6.07) is 14.7. The summed E-state index contributed by atoms with van der Waals surface area (Å²) in [7, 11) is 0. The van der Waals surface area contributed by atoms with Crippen molar-refractivity contribution in [2.24, 2.45) is 11.3 Å². The number of hydrogen-bond donors (Lipinski definition) is 0. The number of pyridine rings is 1. The molecule has 31 heavy (non-hydrogen) atoms. The maximum atomic E-state index is 13.3. The maximum Gasteiger partial charge on any atom is 0.339 e. The minimum Gasteiger partial charge on any atom is -0.454 e. The van der Waals surface area contributed by atoms with Crippen molar-refractivity contribution >= 4 is 38.6 Å². The van der Waals surface area contributed by atoms with E-state index in [9.17, 15) is 9.59 Å². The van der Waals surface area contributed by atoms with Gasteiger partial charge in [0.15, 0.2) is 12.4 Å². The summed E-state index contributed by atoms with van der Waals surface area (Å²) in [4.78, 5) is 30.6. The first-order chi connectivity index (χ1) is 14.7. The molecule has 3 aromatic rings. The van der Waals surface area contributed by atoms with Crippen molar-refractivity contribution in [1.82, 2.24) is 4.98 Å². The number of Topliss-reactive ketones (excluding diaryl/α,β-unsaturated/α-hetero) is 1. The number of aryl methyl sites for hydroxylation is 1. The molecule has 0 fully saturated rings. The Labute approximate surface area is 191 Å². The van der Waals surface area contributed by atoms with E-state index in [0.29, 0.717) is 17.0 Å². The molecule has 0 radical (unpaired) electrons. The third-order valence-electron chi connectivity index (χ3n) is 6.19. The fourth-order valence-electron chi connectivity index (χ4n) is 4.28. The number of carbonyl (C=O) groups excluding carboxylic acids is 2. The average molecular weight is 480 g/mol. The number of rotatable bonds is 4. The standard InChI is InChI=1S/C26H26BrNO3/c1-26(2,3)17-10-13-22-20(14-17)24(19-6-4-5-7-21(19)28-22)25(30)31-15-23(29)16-8-11-18(27)12-9-16/h4-9,11-12,17H,10,13-15H2,1-3H3. The van der Waals surface area contributed by atoms with Gasteiger partial charge in [0.25, 0.3) is 0 Å². The Hall–Kier alpha value is -2.53. The number of nitrogens with zero attached hydrogens (tertiary/aromatic N) is 1. The highest BCUT2D eigenvalue weighted by Gasteiger charge is 2.33. The smallest absolute Gasteiger partial charge is 0.339 e. The van der Waals surface area contributed by atoms with Gasteiger partial charge in [-0.25, -0.2) is 4.79 Å². The van der Waals surface area contributed by atoms with E-state index in [0.717, 1.165) is 45.9 Å². The van der Waals surface area contributed by atoms with E-state index in [1.54, 1.807) is 24.3 Å². The molecular formula is C26H26BrNO3. The molecule has 1 unspecified atom stereocenters. The first kappa shape index (κ1) is 21.7. The molecule has 0 spiro atoms. The molecule has 0 amide bonds. The van der Waals surface area contributed by atoms with Crippen LogP contribution in [0.15, 0.2) is 53.0 Å². The molecule has 1 aliphatic carbocycles. The van der Waals surface area contributed by atoms with Gasteiger partial charge in [-0.05, 0) is 54.4 Å². The van der Waals surface area contributed by atoms with Gasteiger partial charge in [-0.2, -0.15) is 0 Å². The molecular weight excluding hydrogens is 454 g/mol. The van der Waals surface area contributed by atoms with Crippen molar-refractivity contribution in [3.8, 4) is 0 Å². The number of hydrogen-bond acceptors (Lipinski definition) is 4. The van der Waals surface area contributed by atoms with E-state index in [1.165, 1.54) is 0 Å². The Bertz CT molecular complexity index is 1150. The highest BCUT2D eigenvalue weighted by molar-refractivity contribution is 9.10. The lowest BCUT2D eigenvalue weighted by molar-refractivity contribution is 0.0474. The van der Waals surface area contributed by atoms with E-state index in [2.05, 4.69) is 36.7 Å². The molecule has 0 saturated heterocycles. The number of fused-ring (bicyclic) bond motifs is 2. The molecule has 0 bridgehead atoms. The summed E-state index contributed by atoms with van der Waals surface area (Å²) >= 11 is 3.36. The van der Waals surface area contributed by atoms with Gasteiger partial charge >= 0.3 is 5.97 Å². The number of esters is 1. The molecule has 2 aromatic carbocycles. The van der Waals surface area contributed by atoms with Gasteiger partial charge in [-0.1, -0.05) is 67.0 Å². The normalized spacial score (nSPS) is 16.1. The summed E-state index contributed by atoms with van der Waals surface area (Å²) in [5.74, 6) is -0.213. The van der Waals surface area contributed by atoms with Gasteiger partial charge in [-0.3, -0.25) is 9.78 Å². The van der Waals surface area contributed by atoms with Gasteiger partial charge in [0, 0.05) is 21.1 Å². The van der Waals surface area contributed by atoms with E-state index in [1.807, 2.05) is 24.3 Å². The Kier molecular flexibility index (Phi) is 5.98. The highest BCUT2D eigenvalue weighted by atomic mass is 79.9. The molecule has 1 aromatic heterocycles. The zero-order valence-electron chi connectivity index (χ0n) is 18.1. The van der Waals surface area contributed by atoms with Crippen LogP contribution in [0.5, 0.6) is 0 Å². The first-order valence-electron chi connectivity index (χ1n) is 10.6. The first-order valence-corrected chi connectivity index (χ1v) is 11.4. The Morgan fingerprint density at radius 2 is 1.81 bits per heavy atom. The summed E-state index contributed by atoms with van der Waals surface area (Å²) in [6.45, 7) is 6.44. The number of para-hydroxylation sites is 1. The number of carbonyl (C=O) groups is 2. The zero-order valence-corrected chi connectivity index (χ0v) is 19.7. The summed E-state index contributed by atoms with van der Waals surface area (Å²) < 4.78 is 6.43. The molecule has 1 aliphatic rings. The van der Waals surface area contributed by atoms with Gasteiger partial charge in [0.1, 0.15) is 0 Å². The van der Waals surface area contributed by atoms with Crippen LogP contribution in [0, 0.1) is 11.3 Å². The fraction of sp³-hybridized carbons (Fsp3) is 0.346. The average Bonchev–Trinajstić information content (AvgIpc) is 2.75. The lowest BCUT2D eigenvalue weighted by Gasteiger charge is -2.35. The summed E-state index contributed by atoms with van der Waals surface area (Å²) in [6.07, 6.45) is 2.69. The lowest BCUT2D eigenvalue weighted by atomic mass is 9.70. The van der Waals surface area contributed by atoms with Crippen LogP contribution in [0.1, 0.15) is 59.2 Å². The third kappa shape index (κ3) is 4.57. The van der Waals surface area contributed by atoms with E-state index >= 15 is 0 Å². The van der Waals surface area contributed by atoms with Crippen LogP contribution in [-0.4, -0.2) is 23.3 Å². The highest BCUT2D eigenvalue weighted by Crippen LogP contribution is 2.39. The SMILES string of the molecule is CC(C)(C)C1CCc2nc3ccccc3c(C(=O)OCC(=O)c3ccc(Br)cc3)c2C1. The molecule has 4 rings (SSSR count). The third-order valence-corrected chi connectivity index (χ3v) is 6.72. The quantitative estimate of drug-likeness (QED) is 0.330. The monoisotopic (exact) mass is 479 g/mol. The largest absolute Gasteiger partial charge is 0.454 e. The number of benzene rings is 2. The van der Waals surface area contributed by atoms with Crippen LogP contribution in [-0.2, 0) is 17.6 Å².